The third-order valence-electron chi connectivity index (χ3n) is 3.89. The molecular weight excluding hydrogens is 214 g/mol. The zero-order valence-electron chi connectivity index (χ0n) is 10.0. The van der Waals surface area contributed by atoms with E-state index in [0.29, 0.717) is 18.4 Å². The van der Waals surface area contributed by atoms with Crippen LogP contribution in [0.3, 0.4) is 0 Å². The van der Waals surface area contributed by atoms with Gasteiger partial charge in [-0.1, -0.05) is 0 Å². The van der Waals surface area contributed by atoms with Gasteiger partial charge in [0, 0.05) is 31.9 Å². The smallest absolute Gasteiger partial charge is 0.223 e. The van der Waals surface area contributed by atoms with Crippen LogP contribution in [0.5, 0.6) is 0 Å². The van der Waals surface area contributed by atoms with Crippen LogP contribution >= 0.6 is 0 Å². The van der Waals surface area contributed by atoms with Crippen molar-refractivity contribution in [2.45, 2.75) is 31.8 Å². The lowest BCUT2D eigenvalue weighted by Crippen LogP contribution is -2.51. The second-order valence-electron chi connectivity index (χ2n) is 4.86. The summed E-state index contributed by atoms with van der Waals surface area (Å²) in [4.78, 5) is 18.0. The predicted molar refractivity (Wildman–Crippen MR) is 64.5 cm³/mol. The van der Waals surface area contributed by atoms with E-state index in [-0.39, 0.29) is 6.04 Å². The Kier molecular flexibility index (Phi) is 2.59. The van der Waals surface area contributed by atoms with Crippen molar-refractivity contribution < 1.29 is 4.79 Å². The molecule has 3 heterocycles. The summed E-state index contributed by atoms with van der Waals surface area (Å²) >= 11 is 0. The van der Waals surface area contributed by atoms with E-state index in [1.165, 1.54) is 11.1 Å². The van der Waals surface area contributed by atoms with Crippen LogP contribution in [0.4, 0.5) is 0 Å². The van der Waals surface area contributed by atoms with E-state index in [1.807, 2.05) is 23.4 Å². The lowest BCUT2D eigenvalue weighted by molar-refractivity contribution is -0.130. The van der Waals surface area contributed by atoms with Gasteiger partial charge in [-0.2, -0.15) is 0 Å². The molecule has 0 saturated carbocycles. The van der Waals surface area contributed by atoms with E-state index in [0.717, 1.165) is 19.5 Å². The number of rotatable bonds is 1. The van der Waals surface area contributed by atoms with Gasteiger partial charge < -0.3 is 10.2 Å². The lowest BCUT2D eigenvalue weighted by Gasteiger charge is -2.38. The SMILES string of the molecule is Cc1ccncc1[C@@H]1NCCN2C(=O)CC[C@@H]12. The molecule has 2 saturated heterocycles. The number of hydrogen-bond acceptors (Lipinski definition) is 3. The second kappa shape index (κ2) is 4.11. The van der Waals surface area contributed by atoms with E-state index >= 15 is 0 Å². The average molecular weight is 231 g/mol. The van der Waals surface area contributed by atoms with E-state index in [2.05, 4.69) is 17.2 Å². The summed E-state index contributed by atoms with van der Waals surface area (Å²) in [5.74, 6) is 0.308. The first-order valence-electron chi connectivity index (χ1n) is 6.21. The van der Waals surface area contributed by atoms with E-state index in [4.69, 9.17) is 0 Å². The van der Waals surface area contributed by atoms with Gasteiger partial charge in [0.05, 0.1) is 12.1 Å². The van der Waals surface area contributed by atoms with Gasteiger partial charge in [0.25, 0.3) is 0 Å². The van der Waals surface area contributed by atoms with Crippen molar-refractivity contribution in [3.05, 3.63) is 29.6 Å². The Labute approximate surface area is 101 Å². The topological polar surface area (TPSA) is 45.2 Å². The number of hydrogen-bond donors (Lipinski definition) is 1. The Morgan fingerprint density at radius 2 is 2.41 bits per heavy atom. The zero-order chi connectivity index (χ0) is 11.8. The third-order valence-corrected chi connectivity index (χ3v) is 3.89. The average Bonchev–Trinajstić information content (AvgIpc) is 2.72. The van der Waals surface area contributed by atoms with Crippen LogP contribution in [-0.4, -0.2) is 34.9 Å². The number of piperazine rings is 1. The number of aryl methyl sites for hydroxylation is 1. The van der Waals surface area contributed by atoms with Gasteiger partial charge >= 0.3 is 0 Å². The first-order valence-corrected chi connectivity index (χ1v) is 6.21. The molecule has 1 amide bonds. The van der Waals surface area contributed by atoms with Gasteiger partial charge in [-0.25, -0.2) is 0 Å². The second-order valence-corrected chi connectivity index (χ2v) is 4.86. The summed E-state index contributed by atoms with van der Waals surface area (Å²) in [7, 11) is 0. The summed E-state index contributed by atoms with van der Waals surface area (Å²) in [5, 5.41) is 3.53. The van der Waals surface area contributed by atoms with Crippen molar-refractivity contribution in [1.82, 2.24) is 15.2 Å². The highest BCUT2D eigenvalue weighted by Crippen LogP contribution is 2.33. The van der Waals surface area contributed by atoms with E-state index < -0.39 is 0 Å². The molecule has 2 aliphatic heterocycles. The first-order chi connectivity index (χ1) is 8.27. The number of carbonyl (C=O) groups excluding carboxylic acids is 1. The van der Waals surface area contributed by atoms with E-state index in [1.54, 1.807) is 0 Å². The van der Waals surface area contributed by atoms with Crippen LogP contribution in [0.2, 0.25) is 0 Å². The predicted octanol–water partition coefficient (Wildman–Crippen LogP) is 1.03. The number of nitrogens with zero attached hydrogens (tertiary/aromatic N) is 2. The monoisotopic (exact) mass is 231 g/mol. The molecule has 90 valence electrons. The largest absolute Gasteiger partial charge is 0.337 e. The maximum absolute atomic E-state index is 11.8. The summed E-state index contributed by atoms with van der Waals surface area (Å²) in [6.45, 7) is 3.83. The Balaban J connectivity index is 1.93. The number of aromatic nitrogens is 1. The Hall–Kier alpha value is -1.42. The molecule has 0 aromatic carbocycles. The third kappa shape index (κ3) is 1.72. The van der Waals surface area contributed by atoms with Crippen LogP contribution in [0.1, 0.15) is 30.0 Å². The molecule has 17 heavy (non-hydrogen) atoms. The van der Waals surface area contributed by atoms with Crippen molar-refractivity contribution in [1.29, 1.82) is 0 Å². The minimum atomic E-state index is 0.254. The summed E-state index contributed by atoms with van der Waals surface area (Å²) in [5.41, 5.74) is 2.48. The van der Waals surface area contributed by atoms with Gasteiger partial charge in [0.15, 0.2) is 0 Å². The number of carbonyl (C=O) groups is 1. The van der Waals surface area contributed by atoms with Crippen LogP contribution in [0, 0.1) is 6.92 Å². The molecule has 0 unspecified atom stereocenters. The fraction of sp³-hybridized carbons (Fsp3) is 0.538. The summed E-state index contributed by atoms with van der Waals surface area (Å²) < 4.78 is 0. The Morgan fingerprint density at radius 1 is 1.53 bits per heavy atom. The van der Waals surface area contributed by atoms with Crippen LogP contribution in [0.25, 0.3) is 0 Å². The highest BCUT2D eigenvalue weighted by molar-refractivity contribution is 5.79. The molecule has 2 atom stereocenters. The quantitative estimate of drug-likeness (QED) is 0.785. The van der Waals surface area contributed by atoms with Crippen LogP contribution < -0.4 is 5.32 Å². The molecule has 4 nitrogen and oxygen atoms in total. The maximum atomic E-state index is 11.8. The lowest BCUT2D eigenvalue weighted by atomic mass is 9.94. The van der Waals surface area contributed by atoms with E-state index in [9.17, 15) is 4.79 Å². The number of nitrogens with one attached hydrogen (secondary N) is 1. The standard InChI is InChI=1S/C13H17N3O/c1-9-4-5-14-8-10(9)13-11-2-3-12(17)16(11)7-6-15-13/h4-5,8,11,13,15H,2-3,6-7H2,1H3/t11-,13-/m0/s1. The molecular formula is C13H17N3O. The Bertz CT molecular complexity index is 446. The first kappa shape index (κ1) is 10.7. The van der Waals surface area contributed by atoms with Gasteiger partial charge in [0.1, 0.15) is 0 Å². The normalized spacial score (nSPS) is 28.3. The van der Waals surface area contributed by atoms with Crippen molar-refractivity contribution in [2.75, 3.05) is 13.1 Å². The van der Waals surface area contributed by atoms with Crippen LogP contribution in [0.15, 0.2) is 18.5 Å². The molecule has 1 aromatic rings. The van der Waals surface area contributed by atoms with Gasteiger partial charge in [-0.15, -0.1) is 0 Å². The molecule has 1 aromatic heterocycles. The molecule has 0 spiro atoms. The minimum absolute atomic E-state index is 0.254. The molecule has 4 heteroatoms. The van der Waals surface area contributed by atoms with Crippen molar-refractivity contribution in [2.24, 2.45) is 0 Å². The fourth-order valence-corrected chi connectivity index (χ4v) is 2.99. The zero-order valence-corrected chi connectivity index (χ0v) is 10.0. The maximum Gasteiger partial charge on any atom is 0.223 e. The Morgan fingerprint density at radius 3 is 3.24 bits per heavy atom. The van der Waals surface area contributed by atoms with Crippen molar-refractivity contribution >= 4 is 5.91 Å². The number of pyridine rings is 1. The summed E-state index contributed by atoms with van der Waals surface area (Å²) in [6.07, 6.45) is 5.41. The molecule has 3 rings (SSSR count). The van der Waals surface area contributed by atoms with Crippen molar-refractivity contribution in [3.63, 3.8) is 0 Å². The fourth-order valence-electron chi connectivity index (χ4n) is 2.99. The van der Waals surface area contributed by atoms with Crippen LogP contribution in [-0.2, 0) is 4.79 Å². The molecule has 2 aliphatic rings. The number of amides is 1. The van der Waals surface area contributed by atoms with Crippen molar-refractivity contribution in [3.8, 4) is 0 Å². The highest BCUT2D eigenvalue weighted by atomic mass is 16.2. The molecule has 0 aliphatic carbocycles. The highest BCUT2D eigenvalue weighted by Gasteiger charge is 2.39. The molecule has 1 N–H and O–H groups in total. The van der Waals surface area contributed by atoms with Gasteiger partial charge in [-0.05, 0) is 30.5 Å². The minimum Gasteiger partial charge on any atom is -0.337 e. The van der Waals surface area contributed by atoms with Gasteiger partial charge in [0.2, 0.25) is 5.91 Å². The van der Waals surface area contributed by atoms with Gasteiger partial charge in [-0.3, -0.25) is 9.78 Å². The number of fused-ring (bicyclic) bond motifs is 1. The molecule has 0 bridgehead atoms. The molecule has 2 fully saturated rings. The molecule has 0 radical (unpaired) electrons. The summed E-state index contributed by atoms with van der Waals surface area (Å²) in [6, 6.07) is 2.61.